The van der Waals surface area contributed by atoms with Crippen LogP contribution in [0.3, 0.4) is 0 Å². The summed E-state index contributed by atoms with van der Waals surface area (Å²) in [6, 6.07) is 52.5. The molecule has 3 heteroatoms. The Morgan fingerprint density at radius 1 is 0.400 bits per heavy atom. The summed E-state index contributed by atoms with van der Waals surface area (Å²) >= 11 is 0. The fourth-order valence-corrected chi connectivity index (χ4v) is 9.19. The van der Waals surface area contributed by atoms with E-state index in [1.807, 2.05) is 0 Å². The van der Waals surface area contributed by atoms with Crippen molar-refractivity contribution >= 4 is 99.0 Å². The van der Waals surface area contributed by atoms with Crippen molar-refractivity contribution in [3.63, 3.8) is 0 Å². The minimum atomic E-state index is 0.137. The highest BCUT2D eigenvalue weighted by Gasteiger charge is 2.41. The van der Waals surface area contributed by atoms with Crippen LogP contribution in [0.4, 0.5) is 0 Å². The largest absolute Gasteiger partial charge is 0.310 e. The smallest absolute Gasteiger partial charge is 0.252 e. The van der Waals surface area contributed by atoms with Gasteiger partial charge in [0.25, 0.3) is 6.71 Å². The Balaban J connectivity index is 1.38. The molecule has 0 bridgehead atoms. The molecule has 45 heavy (non-hydrogen) atoms. The average molecular weight is 566 g/mol. The molecule has 0 saturated carbocycles. The molecule has 0 aliphatic carbocycles. The lowest BCUT2D eigenvalue weighted by Crippen LogP contribution is -2.59. The molecular formula is C42H23BN2. The molecule has 0 spiro atoms. The summed E-state index contributed by atoms with van der Waals surface area (Å²) in [6.07, 6.45) is 0. The fourth-order valence-electron chi connectivity index (χ4n) is 9.19. The minimum absolute atomic E-state index is 0.137. The number of fused-ring (bicyclic) bond motifs is 16. The maximum absolute atomic E-state index is 2.61. The Kier molecular flexibility index (Phi) is 3.85. The van der Waals surface area contributed by atoms with Gasteiger partial charge in [0.1, 0.15) is 0 Å². The fraction of sp³-hybridized carbons (Fsp3) is 0. The number of rotatable bonds is 0. The number of nitrogens with zero attached hydrogens (tertiary/aromatic N) is 2. The highest BCUT2D eigenvalue weighted by molar-refractivity contribution is 7.00. The second kappa shape index (κ2) is 7.64. The lowest BCUT2D eigenvalue weighted by Gasteiger charge is -2.34. The first-order valence-electron chi connectivity index (χ1n) is 15.8. The van der Waals surface area contributed by atoms with E-state index in [4.69, 9.17) is 0 Å². The molecular weight excluding hydrogens is 543 g/mol. The van der Waals surface area contributed by atoms with Crippen LogP contribution in [0.2, 0.25) is 0 Å². The summed E-state index contributed by atoms with van der Waals surface area (Å²) < 4.78 is 5.19. The first-order valence-corrected chi connectivity index (χ1v) is 15.8. The van der Waals surface area contributed by atoms with Gasteiger partial charge in [0.05, 0.1) is 16.7 Å². The lowest BCUT2D eigenvalue weighted by molar-refractivity contribution is 1.16. The van der Waals surface area contributed by atoms with Crippen molar-refractivity contribution < 1.29 is 0 Å². The number of aromatic nitrogens is 2. The van der Waals surface area contributed by atoms with Crippen molar-refractivity contribution in [2.45, 2.75) is 0 Å². The van der Waals surface area contributed by atoms with Crippen molar-refractivity contribution in [1.29, 1.82) is 0 Å². The first kappa shape index (κ1) is 22.7. The van der Waals surface area contributed by atoms with Gasteiger partial charge in [0.15, 0.2) is 0 Å². The molecule has 2 aliphatic rings. The maximum Gasteiger partial charge on any atom is 0.252 e. The Labute approximate surface area is 258 Å². The van der Waals surface area contributed by atoms with E-state index in [-0.39, 0.29) is 6.71 Å². The van der Waals surface area contributed by atoms with E-state index in [2.05, 4.69) is 149 Å². The van der Waals surface area contributed by atoms with Gasteiger partial charge in [-0.1, -0.05) is 121 Å². The number of hydrogen-bond acceptors (Lipinski definition) is 0. The number of para-hydroxylation sites is 2. The Bertz CT molecular complexity index is 2990. The summed E-state index contributed by atoms with van der Waals surface area (Å²) in [7, 11) is 0. The van der Waals surface area contributed by atoms with E-state index in [9.17, 15) is 0 Å². The quantitative estimate of drug-likeness (QED) is 0.163. The van der Waals surface area contributed by atoms with Crippen LogP contribution in [0, 0.1) is 0 Å². The van der Waals surface area contributed by atoms with E-state index in [0.717, 1.165) is 0 Å². The van der Waals surface area contributed by atoms with E-state index < -0.39 is 0 Å². The third kappa shape index (κ3) is 2.51. The van der Waals surface area contributed by atoms with Crippen molar-refractivity contribution in [1.82, 2.24) is 9.13 Å². The van der Waals surface area contributed by atoms with Gasteiger partial charge in [0.2, 0.25) is 0 Å². The molecule has 8 aromatic carbocycles. The zero-order valence-electron chi connectivity index (χ0n) is 24.3. The molecule has 204 valence electrons. The highest BCUT2D eigenvalue weighted by Crippen LogP contribution is 2.43. The van der Waals surface area contributed by atoms with E-state index in [0.29, 0.717) is 0 Å². The molecule has 0 radical (unpaired) electrons. The van der Waals surface area contributed by atoms with Gasteiger partial charge >= 0.3 is 0 Å². The van der Waals surface area contributed by atoms with Crippen LogP contribution in [0.5, 0.6) is 0 Å². The minimum Gasteiger partial charge on any atom is -0.310 e. The van der Waals surface area contributed by atoms with Crippen molar-refractivity contribution in [2.75, 3.05) is 0 Å². The van der Waals surface area contributed by atoms with Crippen LogP contribution in [-0.4, -0.2) is 15.8 Å². The van der Waals surface area contributed by atoms with Gasteiger partial charge in [0, 0.05) is 43.7 Å². The summed E-state index contributed by atoms with van der Waals surface area (Å²) in [4.78, 5) is 0. The normalized spacial score (nSPS) is 13.3. The molecule has 0 unspecified atom stereocenters. The third-order valence-corrected chi connectivity index (χ3v) is 10.8. The first-order chi connectivity index (χ1) is 22.4. The number of hydrogen-bond donors (Lipinski definition) is 0. The molecule has 4 heterocycles. The summed E-state index contributed by atoms with van der Waals surface area (Å²) in [6.45, 7) is 0.137. The molecule has 2 aliphatic heterocycles. The van der Waals surface area contributed by atoms with Gasteiger partial charge < -0.3 is 9.13 Å². The predicted molar refractivity (Wildman–Crippen MR) is 192 cm³/mol. The maximum atomic E-state index is 2.61. The SMILES string of the molecule is c1ccc2c3c4c(cc2c1)-n1c2ccc5ccccc5c2c2cccc(c21)B4c1cccc2c4c5ccccc5ccc4n-3c12. The average Bonchev–Trinajstić information content (AvgIpc) is 3.63. The molecule has 0 fully saturated rings. The molecule has 2 nitrogen and oxygen atoms in total. The Morgan fingerprint density at radius 2 is 0.911 bits per heavy atom. The van der Waals surface area contributed by atoms with Crippen LogP contribution in [0.1, 0.15) is 0 Å². The zero-order valence-corrected chi connectivity index (χ0v) is 24.3. The molecule has 12 rings (SSSR count). The van der Waals surface area contributed by atoms with E-state index in [1.165, 1.54) is 104 Å². The topological polar surface area (TPSA) is 9.86 Å². The third-order valence-electron chi connectivity index (χ3n) is 10.8. The van der Waals surface area contributed by atoms with Crippen LogP contribution in [0.25, 0.3) is 87.3 Å². The Hall–Kier alpha value is -5.80. The molecule has 0 atom stereocenters. The van der Waals surface area contributed by atoms with Gasteiger partial charge in [-0.2, -0.15) is 0 Å². The van der Waals surface area contributed by atoms with Gasteiger partial charge in [-0.15, -0.1) is 0 Å². The van der Waals surface area contributed by atoms with Crippen molar-refractivity contribution in [3.8, 4) is 11.4 Å². The zero-order chi connectivity index (χ0) is 29.0. The Morgan fingerprint density at radius 3 is 1.56 bits per heavy atom. The van der Waals surface area contributed by atoms with Crippen LogP contribution < -0.4 is 16.4 Å². The lowest BCUT2D eigenvalue weighted by atomic mass is 9.34. The molecule has 0 N–H and O–H groups in total. The predicted octanol–water partition coefficient (Wildman–Crippen LogP) is 8.48. The highest BCUT2D eigenvalue weighted by atomic mass is 15.0. The standard InChI is InChI=1S/C42H23BN2/c1-4-12-27-24(9-1)19-21-34-37(27)30-15-7-17-32-40(30)44(34)36-23-26-11-3-6-14-29(26)42-39(36)43(32)33-18-8-16-31-38-28-13-5-2-10-25(28)20-22-35(38)45(42)41(31)33/h1-23H. The van der Waals surface area contributed by atoms with Crippen LogP contribution >= 0.6 is 0 Å². The van der Waals surface area contributed by atoms with E-state index in [1.54, 1.807) is 0 Å². The summed E-state index contributed by atoms with van der Waals surface area (Å²) in [5.41, 5.74) is 12.1. The van der Waals surface area contributed by atoms with Gasteiger partial charge in [-0.3, -0.25) is 0 Å². The molecule has 2 aromatic heterocycles. The van der Waals surface area contributed by atoms with Crippen LogP contribution in [-0.2, 0) is 0 Å². The second-order valence-corrected chi connectivity index (χ2v) is 12.8. The molecule has 10 aromatic rings. The van der Waals surface area contributed by atoms with Crippen molar-refractivity contribution in [3.05, 3.63) is 140 Å². The van der Waals surface area contributed by atoms with Crippen molar-refractivity contribution in [2.24, 2.45) is 0 Å². The molecule has 0 saturated heterocycles. The summed E-state index contributed by atoms with van der Waals surface area (Å²) in [5.74, 6) is 0. The number of benzene rings is 8. The molecule has 0 amide bonds. The van der Waals surface area contributed by atoms with Crippen LogP contribution in [0.15, 0.2) is 140 Å². The monoisotopic (exact) mass is 566 g/mol. The van der Waals surface area contributed by atoms with Gasteiger partial charge in [-0.05, 0) is 61.5 Å². The van der Waals surface area contributed by atoms with Gasteiger partial charge in [-0.25, -0.2) is 0 Å². The second-order valence-electron chi connectivity index (χ2n) is 12.8. The van der Waals surface area contributed by atoms with E-state index >= 15 is 0 Å². The summed E-state index contributed by atoms with van der Waals surface area (Å²) in [5, 5.41) is 13.2.